The fourth-order valence-electron chi connectivity index (χ4n) is 4.14. The van der Waals surface area contributed by atoms with Gasteiger partial charge in [0, 0.05) is 18.3 Å². The highest BCUT2D eigenvalue weighted by Crippen LogP contribution is 2.26. The molecule has 2 aromatic heterocycles. The monoisotopic (exact) mass is 436 g/mol. The average Bonchev–Trinajstić information content (AvgIpc) is 2.80. The van der Waals surface area contributed by atoms with E-state index in [0.29, 0.717) is 41.4 Å². The summed E-state index contributed by atoms with van der Waals surface area (Å²) in [5.74, 6) is 1.75. The predicted octanol–water partition coefficient (Wildman–Crippen LogP) is 2.29. The molecule has 1 aliphatic carbocycles. The van der Waals surface area contributed by atoms with Crippen LogP contribution in [0.3, 0.4) is 0 Å². The third-order valence-corrected chi connectivity index (χ3v) is 5.95. The van der Waals surface area contributed by atoms with E-state index in [1.807, 2.05) is 24.3 Å². The van der Waals surface area contributed by atoms with Gasteiger partial charge in [0.05, 0.1) is 19.6 Å². The van der Waals surface area contributed by atoms with Crippen molar-refractivity contribution in [3.63, 3.8) is 0 Å². The van der Waals surface area contributed by atoms with E-state index in [4.69, 9.17) is 9.47 Å². The van der Waals surface area contributed by atoms with Crippen LogP contribution < -0.4 is 20.3 Å². The molecule has 0 aliphatic heterocycles. The Morgan fingerprint density at radius 1 is 1.25 bits per heavy atom. The van der Waals surface area contributed by atoms with Gasteiger partial charge in [0.25, 0.3) is 5.56 Å². The maximum absolute atomic E-state index is 12.9. The molecular weight excluding hydrogens is 408 g/mol. The molecule has 0 radical (unpaired) electrons. The van der Waals surface area contributed by atoms with Gasteiger partial charge < -0.3 is 14.8 Å². The molecule has 3 aromatic rings. The number of hydrogen-bond acceptors (Lipinski definition) is 6. The van der Waals surface area contributed by atoms with Crippen LogP contribution in [0.1, 0.15) is 30.2 Å². The minimum Gasteiger partial charge on any atom is -0.497 e. The van der Waals surface area contributed by atoms with Gasteiger partial charge in [-0.15, -0.1) is 0 Å². The van der Waals surface area contributed by atoms with Gasteiger partial charge in [-0.2, -0.15) is 0 Å². The Labute approximate surface area is 186 Å². The Kier molecular flexibility index (Phi) is 6.39. The normalized spacial score (nSPS) is 15.3. The van der Waals surface area contributed by atoms with Crippen molar-refractivity contribution in [3.05, 3.63) is 57.8 Å². The van der Waals surface area contributed by atoms with Gasteiger partial charge >= 0.3 is 0 Å². The van der Waals surface area contributed by atoms with Gasteiger partial charge in [-0.25, -0.2) is 9.97 Å². The summed E-state index contributed by atoms with van der Waals surface area (Å²) < 4.78 is 11.9. The van der Waals surface area contributed by atoms with E-state index in [1.165, 1.54) is 10.9 Å². The second kappa shape index (κ2) is 9.38. The van der Waals surface area contributed by atoms with Crippen molar-refractivity contribution in [1.29, 1.82) is 0 Å². The molecule has 0 saturated carbocycles. The number of nitrogens with zero attached hydrogens (tertiary/aromatic N) is 3. The first kappa shape index (κ1) is 21.8. The number of carbonyl (C=O) groups excluding carboxylic acids is 1. The molecule has 1 aromatic carbocycles. The van der Waals surface area contributed by atoms with Crippen molar-refractivity contribution in [3.8, 4) is 11.5 Å². The van der Waals surface area contributed by atoms with E-state index in [1.54, 1.807) is 14.2 Å². The molecule has 0 bridgehead atoms. The molecule has 32 heavy (non-hydrogen) atoms. The summed E-state index contributed by atoms with van der Waals surface area (Å²) >= 11 is 0. The van der Waals surface area contributed by atoms with E-state index in [9.17, 15) is 9.59 Å². The third-order valence-electron chi connectivity index (χ3n) is 5.95. The summed E-state index contributed by atoms with van der Waals surface area (Å²) in [5, 5.41) is 3.33. The number of benzene rings is 1. The highest BCUT2D eigenvalue weighted by molar-refractivity contribution is 5.77. The van der Waals surface area contributed by atoms with Crippen molar-refractivity contribution in [2.45, 2.75) is 39.2 Å². The molecule has 0 spiro atoms. The molecule has 1 atom stereocenters. The summed E-state index contributed by atoms with van der Waals surface area (Å²) in [4.78, 5) is 34.3. The first-order chi connectivity index (χ1) is 15.5. The van der Waals surface area contributed by atoms with Crippen molar-refractivity contribution in [2.24, 2.45) is 5.92 Å². The molecule has 8 heteroatoms. The van der Waals surface area contributed by atoms with Gasteiger partial charge in [0.2, 0.25) is 5.91 Å². The number of rotatable bonds is 7. The predicted molar refractivity (Wildman–Crippen MR) is 121 cm³/mol. The Morgan fingerprint density at radius 2 is 2.09 bits per heavy atom. The molecular formula is C24H28N4O4. The van der Waals surface area contributed by atoms with Crippen molar-refractivity contribution >= 4 is 16.9 Å². The Bertz CT molecular complexity index is 1200. The standard InChI is InChI=1S/C24H28N4O4/c1-15-4-7-20-17(10-15)11-19-23(27-20)26-14-28(24(19)30)13-22(29)25-9-8-16-5-6-18(31-2)12-21(16)32-3/h5-6,11-12,14-15H,4,7-10,13H2,1-3H3,(H,25,29)/t15-/m1/s1. The zero-order valence-electron chi connectivity index (χ0n) is 18.7. The topological polar surface area (TPSA) is 95.3 Å². The second-order valence-electron chi connectivity index (χ2n) is 8.27. The van der Waals surface area contributed by atoms with Crippen LogP contribution in [-0.4, -0.2) is 41.2 Å². The highest BCUT2D eigenvalue weighted by Gasteiger charge is 2.19. The minimum absolute atomic E-state index is 0.0883. The van der Waals surface area contributed by atoms with Crippen LogP contribution in [0.15, 0.2) is 35.4 Å². The van der Waals surface area contributed by atoms with Gasteiger partial charge in [-0.3, -0.25) is 14.2 Å². The molecule has 1 N–H and O–H groups in total. The van der Waals surface area contributed by atoms with E-state index in [2.05, 4.69) is 22.2 Å². The molecule has 0 unspecified atom stereocenters. The smallest absolute Gasteiger partial charge is 0.263 e. The Morgan fingerprint density at radius 3 is 2.88 bits per heavy atom. The molecule has 1 aliphatic rings. The lowest BCUT2D eigenvalue weighted by atomic mass is 9.87. The van der Waals surface area contributed by atoms with E-state index >= 15 is 0 Å². The third kappa shape index (κ3) is 4.59. The van der Waals surface area contributed by atoms with Crippen LogP contribution in [0, 0.1) is 5.92 Å². The number of hydrogen-bond donors (Lipinski definition) is 1. The lowest BCUT2D eigenvalue weighted by Gasteiger charge is -2.20. The fraction of sp³-hybridized carbons (Fsp3) is 0.417. The number of ether oxygens (including phenoxy) is 2. The Hall–Kier alpha value is -3.42. The number of nitrogens with one attached hydrogen (secondary N) is 1. The van der Waals surface area contributed by atoms with Crippen molar-refractivity contribution in [2.75, 3.05) is 20.8 Å². The Balaban J connectivity index is 1.42. The molecule has 1 amide bonds. The van der Waals surface area contributed by atoms with E-state index < -0.39 is 0 Å². The highest BCUT2D eigenvalue weighted by atomic mass is 16.5. The summed E-state index contributed by atoms with van der Waals surface area (Å²) in [7, 11) is 3.20. The zero-order chi connectivity index (χ0) is 22.7. The molecule has 168 valence electrons. The second-order valence-corrected chi connectivity index (χ2v) is 8.27. The van der Waals surface area contributed by atoms with Crippen LogP contribution in [-0.2, 0) is 30.6 Å². The van der Waals surface area contributed by atoms with Gasteiger partial charge in [0.1, 0.15) is 24.4 Å². The fourth-order valence-corrected chi connectivity index (χ4v) is 4.14. The number of amides is 1. The summed E-state index contributed by atoms with van der Waals surface area (Å²) in [6, 6.07) is 7.49. The van der Waals surface area contributed by atoms with Gasteiger partial charge in [0.15, 0.2) is 5.65 Å². The lowest BCUT2D eigenvalue weighted by molar-refractivity contribution is -0.121. The minimum atomic E-state index is -0.250. The summed E-state index contributed by atoms with van der Waals surface area (Å²) in [5.41, 5.74) is 3.32. The largest absolute Gasteiger partial charge is 0.497 e. The SMILES string of the molecule is COc1ccc(CCNC(=O)Cn2cnc3nc4c(cc3c2=O)C[C@H](C)CC4)c(OC)c1. The van der Waals surface area contributed by atoms with Gasteiger partial charge in [-0.1, -0.05) is 13.0 Å². The molecule has 0 fully saturated rings. The van der Waals surface area contributed by atoms with Crippen LogP contribution in [0.25, 0.3) is 11.0 Å². The number of aromatic nitrogens is 3. The number of fused-ring (bicyclic) bond motifs is 2. The van der Waals surface area contributed by atoms with Crippen molar-refractivity contribution in [1.82, 2.24) is 19.9 Å². The summed E-state index contributed by atoms with van der Waals surface area (Å²) in [6.07, 6.45) is 4.94. The van der Waals surface area contributed by atoms with Crippen LogP contribution in [0.2, 0.25) is 0 Å². The maximum Gasteiger partial charge on any atom is 0.263 e. The van der Waals surface area contributed by atoms with E-state index in [0.717, 1.165) is 36.1 Å². The number of carbonyl (C=O) groups is 1. The summed E-state index contributed by atoms with van der Waals surface area (Å²) in [6.45, 7) is 2.54. The number of aryl methyl sites for hydroxylation is 1. The zero-order valence-corrected chi connectivity index (χ0v) is 18.7. The number of methoxy groups -OCH3 is 2. The van der Waals surface area contributed by atoms with Crippen molar-refractivity contribution < 1.29 is 14.3 Å². The van der Waals surface area contributed by atoms with Crippen LogP contribution >= 0.6 is 0 Å². The van der Waals surface area contributed by atoms with Crippen LogP contribution in [0.4, 0.5) is 0 Å². The average molecular weight is 437 g/mol. The van der Waals surface area contributed by atoms with Gasteiger partial charge in [-0.05, 0) is 54.9 Å². The molecule has 4 rings (SSSR count). The molecule has 0 saturated heterocycles. The quantitative estimate of drug-likeness (QED) is 0.611. The lowest BCUT2D eigenvalue weighted by Crippen LogP contribution is -2.33. The number of pyridine rings is 1. The van der Waals surface area contributed by atoms with Crippen LogP contribution in [0.5, 0.6) is 11.5 Å². The first-order valence-corrected chi connectivity index (χ1v) is 10.8. The molecule has 8 nitrogen and oxygen atoms in total. The van der Waals surface area contributed by atoms with E-state index in [-0.39, 0.29) is 18.0 Å². The molecule has 2 heterocycles. The maximum atomic E-state index is 12.9. The first-order valence-electron chi connectivity index (χ1n) is 10.8.